The van der Waals surface area contributed by atoms with Gasteiger partial charge in [-0.05, 0) is 36.2 Å². The zero-order valence-corrected chi connectivity index (χ0v) is 7.81. The van der Waals surface area contributed by atoms with Gasteiger partial charge in [0, 0.05) is 18.0 Å². The van der Waals surface area contributed by atoms with Crippen molar-refractivity contribution < 1.29 is 4.42 Å². The van der Waals surface area contributed by atoms with Crippen LogP contribution in [0.4, 0.5) is 0 Å². The molecule has 2 aromatic heterocycles. The van der Waals surface area contributed by atoms with Gasteiger partial charge < -0.3 is 10.2 Å². The summed E-state index contributed by atoms with van der Waals surface area (Å²) in [6.45, 7) is 0.635. The summed E-state index contributed by atoms with van der Waals surface area (Å²) in [4.78, 5) is 4.09. The largest absolute Gasteiger partial charge is 0.472 e. The minimum absolute atomic E-state index is 0.635. The Bertz CT molecular complexity index is 395. The van der Waals surface area contributed by atoms with Gasteiger partial charge in [0.2, 0.25) is 0 Å². The van der Waals surface area contributed by atoms with Crippen LogP contribution in [0.1, 0.15) is 5.56 Å². The van der Waals surface area contributed by atoms with Crippen LogP contribution in [0.5, 0.6) is 0 Å². The second kappa shape index (κ2) is 4.07. The highest BCUT2D eigenvalue weighted by Crippen LogP contribution is 2.23. The third-order valence-electron chi connectivity index (χ3n) is 2.15. The Kier molecular flexibility index (Phi) is 2.60. The second-order valence-electron chi connectivity index (χ2n) is 3.08. The highest BCUT2D eigenvalue weighted by molar-refractivity contribution is 5.65. The van der Waals surface area contributed by atoms with Gasteiger partial charge >= 0.3 is 0 Å². The molecular weight excluding hydrogens is 176 g/mol. The topological polar surface area (TPSA) is 52.0 Å². The van der Waals surface area contributed by atoms with E-state index in [0.717, 1.165) is 23.1 Å². The number of nitrogens with zero attached hydrogens (tertiary/aromatic N) is 1. The fourth-order valence-corrected chi connectivity index (χ4v) is 1.48. The van der Waals surface area contributed by atoms with Gasteiger partial charge in [0.15, 0.2) is 0 Å². The lowest BCUT2D eigenvalue weighted by molar-refractivity contribution is 0.568. The predicted molar refractivity (Wildman–Crippen MR) is 54.7 cm³/mol. The Morgan fingerprint density at radius 3 is 3.00 bits per heavy atom. The Balaban J connectivity index is 2.42. The standard InChI is InChI=1S/C11H12N2O/c12-4-1-9-7-13-5-2-11(9)10-3-6-14-8-10/h2-3,5-8H,1,4,12H2. The van der Waals surface area contributed by atoms with Gasteiger partial charge in [0.1, 0.15) is 0 Å². The van der Waals surface area contributed by atoms with Crippen LogP contribution in [0.3, 0.4) is 0 Å². The molecule has 0 fully saturated rings. The van der Waals surface area contributed by atoms with Crippen molar-refractivity contribution in [3.8, 4) is 11.1 Å². The van der Waals surface area contributed by atoms with E-state index in [1.54, 1.807) is 18.7 Å². The monoisotopic (exact) mass is 188 g/mol. The van der Waals surface area contributed by atoms with Crippen molar-refractivity contribution in [2.45, 2.75) is 6.42 Å². The lowest BCUT2D eigenvalue weighted by atomic mass is 10.0. The molecule has 0 unspecified atom stereocenters. The number of hydrogen-bond donors (Lipinski definition) is 1. The van der Waals surface area contributed by atoms with Crippen LogP contribution in [0, 0.1) is 0 Å². The molecule has 3 heteroatoms. The molecule has 0 saturated carbocycles. The number of furan rings is 1. The molecule has 0 saturated heterocycles. The average Bonchev–Trinajstić information content (AvgIpc) is 2.72. The van der Waals surface area contributed by atoms with Crippen LogP contribution >= 0.6 is 0 Å². The van der Waals surface area contributed by atoms with Crippen molar-refractivity contribution in [1.29, 1.82) is 0 Å². The van der Waals surface area contributed by atoms with E-state index in [0.29, 0.717) is 6.54 Å². The van der Waals surface area contributed by atoms with E-state index in [1.807, 2.05) is 18.3 Å². The third kappa shape index (κ3) is 1.67. The molecule has 14 heavy (non-hydrogen) atoms. The molecule has 3 nitrogen and oxygen atoms in total. The molecule has 0 aromatic carbocycles. The van der Waals surface area contributed by atoms with Crippen LogP contribution in [0.15, 0.2) is 41.5 Å². The summed E-state index contributed by atoms with van der Waals surface area (Å²) in [6.07, 6.45) is 7.88. The van der Waals surface area contributed by atoms with Crippen molar-refractivity contribution in [2.24, 2.45) is 5.73 Å². The molecule has 72 valence electrons. The molecular formula is C11H12N2O. The van der Waals surface area contributed by atoms with Crippen LogP contribution in [-0.2, 0) is 6.42 Å². The zero-order valence-electron chi connectivity index (χ0n) is 7.81. The Labute approximate surface area is 82.6 Å². The summed E-state index contributed by atoms with van der Waals surface area (Å²) < 4.78 is 5.05. The molecule has 2 rings (SSSR count). The molecule has 0 atom stereocenters. The lowest BCUT2D eigenvalue weighted by Gasteiger charge is -2.04. The normalized spacial score (nSPS) is 10.4. The molecule has 2 aromatic rings. The van der Waals surface area contributed by atoms with Crippen molar-refractivity contribution in [1.82, 2.24) is 4.98 Å². The van der Waals surface area contributed by atoms with Gasteiger partial charge in [-0.1, -0.05) is 0 Å². The molecule has 0 aliphatic heterocycles. The van der Waals surface area contributed by atoms with E-state index >= 15 is 0 Å². The smallest absolute Gasteiger partial charge is 0.0981 e. The van der Waals surface area contributed by atoms with Crippen LogP contribution in [-0.4, -0.2) is 11.5 Å². The first kappa shape index (κ1) is 8.97. The van der Waals surface area contributed by atoms with Gasteiger partial charge in [-0.2, -0.15) is 0 Å². The number of pyridine rings is 1. The highest BCUT2D eigenvalue weighted by Gasteiger charge is 2.04. The Hall–Kier alpha value is -1.61. The first-order chi connectivity index (χ1) is 6.92. The summed E-state index contributed by atoms with van der Waals surface area (Å²) in [5.74, 6) is 0. The van der Waals surface area contributed by atoms with Gasteiger partial charge in [0.25, 0.3) is 0 Å². The minimum Gasteiger partial charge on any atom is -0.472 e. The summed E-state index contributed by atoms with van der Waals surface area (Å²) in [6, 6.07) is 3.92. The number of nitrogens with two attached hydrogens (primary N) is 1. The zero-order chi connectivity index (χ0) is 9.80. The van der Waals surface area contributed by atoms with E-state index in [-0.39, 0.29) is 0 Å². The molecule has 0 radical (unpaired) electrons. The summed E-state index contributed by atoms with van der Waals surface area (Å²) in [7, 11) is 0. The van der Waals surface area contributed by atoms with Crippen molar-refractivity contribution >= 4 is 0 Å². The first-order valence-corrected chi connectivity index (χ1v) is 4.57. The molecule has 0 spiro atoms. The molecule has 0 aliphatic carbocycles. The Morgan fingerprint density at radius 1 is 1.36 bits per heavy atom. The summed E-state index contributed by atoms with van der Waals surface area (Å²) >= 11 is 0. The van der Waals surface area contributed by atoms with Gasteiger partial charge in [-0.25, -0.2) is 0 Å². The van der Waals surface area contributed by atoms with Crippen LogP contribution < -0.4 is 5.73 Å². The maximum atomic E-state index is 5.53. The first-order valence-electron chi connectivity index (χ1n) is 4.57. The minimum atomic E-state index is 0.635. The van der Waals surface area contributed by atoms with Crippen LogP contribution in [0.25, 0.3) is 11.1 Å². The van der Waals surface area contributed by atoms with Gasteiger partial charge in [-0.15, -0.1) is 0 Å². The second-order valence-corrected chi connectivity index (χ2v) is 3.08. The highest BCUT2D eigenvalue weighted by atomic mass is 16.3. The quantitative estimate of drug-likeness (QED) is 0.799. The molecule has 2 N–H and O–H groups in total. The molecule has 0 amide bonds. The number of rotatable bonds is 3. The van der Waals surface area contributed by atoms with E-state index in [2.05, 4.69) is 4.98 Å². The Morgan fingerprint density at radius 2 is 2.29 bits per heavy atom. The maximum absolute atomic E-state index is 5.53. The molecule has 2 heterocycles. The van der Waals surface area contributed by atoms with E-state index < -0.39 is 0 Å². The summed E-state index contributed by atoms with van der Waals surface area (Å²) in [5.41, 5.74) is 8.93. The summed E-state index contributed by atoms with van der Waals surface area (Å²) in [5, 5.41) is 0. The number of hydrogen-bond acceptors (Lipinski definition) is 3. The molecule has 0 aliphatic rings. The van der Waals surface area contributed by atoms with Crippen LogP contribution in [0.2, 0.25) is 0 Å². The van der Waals surface area contributed by atoms with Gasteiger partial charge in [0.05, 0.1) is 12.5 Å². The van der Waals surface area contributed by atoms with E-state index in [4.69, 9.17) is 10.2 Å². The predicted octanol–water partition coefficient (Wildman–Crippen LogP) is 1.84. The average molecular weight is 188 g/mol. The van der Waals surface area contributed by atoms with Crippen molar-refractivity contribution in [3.63, 3.8) is 0 Å². The van der Waals surface area contributed by atoms with E-state index in [1.165, 1.54) is 0 Å². The maximum Gasteiger partial charge on any atom is 0.0981 e. The van der Waals surface area contributed by atoms with Gasteiger partial charge in [-0.3, -0.25) is 4.98 Å². The van der Waals surface area contributed by atoms with E-state index in [9.17, 15) is 0 Å². The SMILES string of the molecule is NCCc1cnccc1-c1ccoc1. The van der Waals surface area contributed by atoms with Crippen molar-refractivity contribution in [2.75, 3.05) is 6.54 Å². The number of aromatic nitrogens is 1. The molecule has 0 bridgehead atoms. The lowest BCUT2D eigenvalue weighted by Crippen LogP contribution is -2.04. The fourth-order valence-electron chi connectivity index (χ4n) is 1.48. The van der Waals surface area contributed by atoms with Crippen molar-refractivity contribution in [3.05, 3.63) is 42.6 Å². The third-order valence-corrected chi connectivity index (χ3v) is 2.15. The fraction of sp³-hybridized carbons (Fsp3) is 0.182.